The third kappa shape index (κ3) is 3.31. The van der Waals surface area contributed by atoms with E-state index in [4.69, 9.17) is 14.0 Å². The molecule has 0 saturated carbocycles. The number of aromatic nitrogens is 1. The molecule has 1 N–H and O–H groups in total. The van der Waals surface area contributed by atoms with Crippen molar-refractivity contribution >= 4 is 11.9 Å². The van der Waals surface area contributed by atoms with E-state index in [9.17, 15) is 9.59 Å². The summed E-state index contributed by atoms with van der Waals surface area (Å²) in [4.78, 5) is 24.6. The first-order valence-electron chi connectivity index (χ1n) is 6.56. The molecule has 2 aromatic heterocycles. The molecule has 0 radical (unpaired) electrons. The molecule has 112 valence electrons. The summed E-state index contributed by atoms with van der Waals surface area (Å²) < 4.78 is 10.2. The van der Waals surface area contributed by atoms with Crippen molar-refractivity contribution in [3.8, 4) is 11.5 Å². The molecule has 21 heavy (non-hydrogen) atoms. The molecule has 1 unspecified atom stereocenters. The molecule has 0 aliphatic carbocycles. The number of rotatable bonds is 6. The van der Waals surface area contributed by atoms with Gasteiger partial charge in [0, 0.05) is 18.7 Å². The molecule has 2 aromatic rings. The van der Waals surface area contributed by atoms with E-state index in [-0.39, 0.29) is 18.0 Å². The summed E-state index contributed by atoms with van der Waals surface area (Å²) in [6.45, 7) is 3.85. The van der Waals surface area contributed by atoms with Crippen molar-refractivity contribution in [2.45, 2.75) is 26.3 Å². The highest BCUT2D eigenvalue weighted by Crippen LogP contribution is 2.21. The summed E-state index contributed by atoms with van der Waals surface area (Å²) in [5, 5.41) is 12.6. The Morgan fingerprint density at radius 2 is 2.19 bits per heavy atom. The number of carboxylic acids is 1. The Hall–Kier alpha value is -2.57. The molecular weight excluding hydrogens is 276 g/mol. The topological polar surface area (TPSA) is 96.8 Å². The zero-order valence-electron chi connectivity index (χ0n) is 11.8. The van der Waals surface area contributed by atoms with Gasteiger partial charge < -0.3 is 18.9 Å². The molecule has 0 saturated heterocycles. The Kier molecular flexibility index (Phi) is 4.42. The number of furan rings is 1. The summed E-state index contributed by atoms with van der Waals surface area (Å²) in [5.41, 5.74) is 0.125. The molecular formula is C14H16N2O5. The normalized spacial score (nSPS) is 12.1. The van der Waals surface area contributed by atoms with Gasteiger partial charge in [0.2, 0.25) is 5.76 Å². The monoisotopic (exact) mass is 292 g/mol. The maximum absolute atomic E-state index is 12.4. The molecule has 2 heterocycles. The fraction of sp³-hybridized carbons (Fsp3) is 0.357. The fourth-order valence-corrected chi connectivity index (χ4v) is 2.08. The van der Waals surface area contributed by atoms with Gasteiger partial charge in [0.1, 0.15) is 0 Å². The van der Waals surface area contributed by atoms with Crippen LogP contribution in [0.5, 0.6) is 0 Å². The van der Waals surface area contributed by atoms with E-state index in [2.05, 4.69) is 5.16 Å². The van der Waals surface area contributed by atoms with E-state index in [1.807, 2.05) is 0 Å². The maximum atomic E-state index is 12.4. The fourth-order valence-electron chi connectivity index (χ4n) is 2.08. The van der Waals surface area contributed by atoms with E-state index in [0.29, 0.717) is 18.1 Å². The summed E-state index contributed by atoms with van der Waals surface area (Å²) in [7, 11) is 0. The molecule has 7 nitrogen and oxygen atoms in total. The molecule has 1 atom stereocenters. The smallest absolute Gasteiger partial charge is 0.305 e. The molecule has 0 fully saturated rings. The molecule has 0 aliphatic heterocycles. The molecule has 7 heteroatoms. The zero-order chi connectivity index (χ0) is 15.4. The van der Waals surface area contributed by atoms with Gasteiger partial charge in [0.25, 0.3) is 5.91 Å². The van der Waals surface area contributed by atoms with E-state index in [1.165, 1.54) is 17.2 Å². The van der Waals surface area contributed by atoms with Crippen molar-refractivity contribution in [2.24, 2.45) is 0 Å². The quantitative estimate of drug-likeness (QED) is 0.877. The number of carbonyl (C=O) groups excluding carboxylic acids is 1. The van der Waals surface area contributed by atoms with Gasteiger partial charge in [0.15, 0.2) is 11.5 Å². The van der Waals surface area contributed by atoms with Gasteiger partial charge in [-0.05, 0) is 26.0 Å². The van der Waals surface area contributed by atoms with E-state index in [0.717, 1.165) is 0 Å². The van der Waals surface area contributed by atoms with Crippen molar-refractivity contribution in [1.82, 2.24) is 10.1 Å². The van der Waals surface area contributed by atoms with Crippen LogP contribution in [0.4, 0.5) is 0 Å². The van der Waals surface area contributed by atoms with Crippen LogP contribution >= 0.6 is 0 Å². The minimum absolute atomic E-state index is 0.123. The number of amides is 1. The van der Waals surface area contributed by atoms with Crippen LogP contribution < -0.4 is 0 Å². The van der Waals surface area contributed by atoms with Crippen LogP contribution in [0.2, 0.25) is 0 Å². The summed E-state index contributed by atoms with van der Waals surface area (Å²) in [6, 6.07) is 4.45. The number of carbonyl (C=O) groups is 2. The van der Waals surface area contributed by atoms with Gasteiger partial charge in [-0.15, -0.1) is 0 Å². The summed E-state index contributed by atoms with van der Waals surface area (Å²) >= 11 is 0. The first kappa shape index (κ1) is 14.8. The van der Waals surface area contributed by atoms with Crippen LogP contribution in [-0.4, -0.2) is 39.6 Å². The number of aliphatic carboxylic acids is 1. The Balaban J connectivity index is 2.16. The van der Waals surface area contributed by atoms with Gasteiger partial charge in [-0.1, -0.05) is 5.16 Å². The lowest BCUT2D eigenvalue weighted by Crippen LogP contribution is -2.39. The minimum Gasteiger partial charge on any atom is -0.481 e. The Morgan fingerprint density at radius 3 is 2.76 bits per heavy atom. The molecule has 0 aliphatic rings. The first-order valence-corrected chi connectivity index (χ1v) is 6.56. The Labute approximate surface area is 121 Å². The van der Waals surface area contributed by atoms with Gasteiger partial charge >= 0.3 is 5.97 Å². The van der Waals surface area contributed by atoms with Crippen LogP contribution in [0, 0.1) is 0 Å². The SMILES string of the molecule is CCN(C(=O)c1cc(-c2ccco2)on1)C(C)CC(=O)O. The standard InChI is InChI=1S/C14H16N2O5/c1-3-16(9(2)7-13(17)18)14(19)10-8-12(21-15-10)11-5-4-6-20-11/h4-6,8-9H,3,7H2,1-2H3,(H,17,18). The zero-order valence-corrected chi connectivity index (χ0v) is 11.8. The lowest BCUT2D eigenvalue weighted by atomic mass is 10.2. The van der Waals surface area contributed by atoms with Crippen LogP contribution in [0.1, 0.15) is 30.8 Å². The van der Waals surface area contributed by atoms with Gasteiger partial charge in [0.05, 0.1) is 12.7 Å². The maximum Gasteiger partial charge on any atom is 0.305 e. The summed E-state index contributed by atoms with van der Waals surface area (Å²) in [6.07, 6.45) is 1.37. The van der Waals surface area contributed by atoms with Gasteiger partial charge in [-0.25, -0.2) is 0 Å². The average Bonchev–Trinajstić information content (AvgIpc) is 3.09. The van der Waals surface area contributed by atoms with Crippen molar-refractivity contribution in [2.75, 3.05) is 6.54 Å². The third-order valence-electron chi connectivity index (χ3n) is 3.10. The largest absolute Gasteiger partial charge is 0.481 e. The number of carboxylic acid groups (broad SMARTS) is 1. The van der Waals surface area contributed by atoms with Crippen molar-refractivity contribution in [1.29, 1.82) is 0 Å². The Bertz CT molecular complexity index is 617. The van der Waals surface area contributed by atoms with Crippen LogP contribution in [0.25, 0.3) is 11.5 Å². The molecule has 1 amide bonds. The summed E-state index contributed by atoms with van der Waals surface area (Å²) in [5.74, 6) is -0.494. The van der Waals surface area contributed by atoms with E-state index in [1.54, 1.807) is 26.0 Å². The predicted molar refractivity (Wildman–Crippen MR) is 72.6 cm³/mol. The molecule has 0 bridgehead atoms. The van der Waals surface area contributed by atoms with Crippen LogP contribution in [0.3, 0.4) is 0 Å². The number of nitrogens with zero attached hydrogens (tertiary/aromatic N) is 2. The highest BCUT2D eigenvalue weighted by atomic mass is 16.5. The van der Waals surface area contributed by atoms with E-state index < -0.39 is 12.0 Å². The second-order valence-corrected chi connectivity index (χ2v) is 4.59. The van der Waals surface area contributed by atoms with Gasteiger partial charge in [-0.2, -0.15) is 0 Å². The molecule has 0 spiro atoms. The first-order chi connectivity index (χ1) is 10.0. The van der Waals surface area contributed by atoms with Crippen molar-refractivity contribution in [3.05, 3.63) is 30.2 Å². The lowest BCUT2D eigenvalue weighted by Gasteiger charge is -2.25. The highest BCUT2D eigenvalue weighted by Gasteiger charge is 2.25. The van der Waals surface area contributed by atoms with Crippen LogP contribution in [-0.2, 0) is 4.79 Å². The van der Waals surface area contributed by atoms with Crippen LogP contribution in [0.15, 0.2) is 33.4 Å². The van der Waals surface area contributed by atoms with Crippen molar-refractivity contribution < 1.29 is 23.6 Å². The average molecular weight is 292 g/mol. The predicted octanol–water partition coefficient (Wildman–Crippen LogP) is 2.26. The lowest BCUT2D eigenvalue weighted by molar-refractivity contribution is -0.138. The Morgan fingerprint density at radius 1 is 1.43 bits per heavy atom. The second-order valence-electron chi connectivity index (χ2n) is 4.59. The highest BCUT2D eigenvalue weighted by molar-refractivity contribution is 5.93. The van der Waals surface area contributed by atoms with Gasteiger partial charge in [-0.3, -0.25) is 9.59 Å². The minimum atomic E-state index is -0.954. The molecule has 2 rings (SSSR count). The number of hydrogen-bond donors (Lipinski definition) is 1. The van der Waals surface area contributed by atoms with E-state index >= 15 is 0 Å². The van der Waals surface area contributed by atoms with Crippen molar-refractivity contribution in [3.63, 3.8) is 0 Å². The molecule has 0 aromatic carbocycles. The number of hydrogen-bond acceptors (Lipinski definition) is 5. The second kappa shape index (κ2) is 6.25. The third-order valence-corrected chi connectivity index (χ3v) is 3.10.